The van der Waals surface area contributed by atoms with E-state index in [0.29, 0.717) is 16.5 Å². The van der Waals surface area contributed by atoms with E-state index < -0.39 is 0 Å². The van der Waals surface area contributed by atoms with Gasteiger partial charge in [-0.1, -0.05) is 35.9 Å². The van der Waals surface area contributed by atoms with Gasteiger partial charge >= 0.3 is 0 Å². The lowest BCUT2D eigenvalue weighted by Gasteiger charge is -2.14. The first-order valence-corrected chi connectivity index (χ1v) is 7.06. The van der Waals surface area contributed by atoms with Gasteiger partial charge in [0.05, 0.1) is 11.6 Å². The smallest absolute Gasteiger partial charge is 0.253 e. The van der Waals surface area contributed by atoms with E-state index >= 15 is 0 Å². The Kier molecular flexibility index (Phi) is 3.94. The molecular formula is C17H12ClNO3. The number of rotatable bonds is 4. The van der Waals surface area contributed by atoms with Crippen molar-refractivity contribution in [2.75, 3.05) is 0 Å². The summed E-state index contributed by atoms with van der Waals surface area (Å²) >= 11 is 6.04. The van der Waals surface area contributed by atoms with Gasteiger partial charge in [0.15, 0.2) is 0 Å². The zero-order chi connectivity index (χ0) is 15.5. The van der Waals surface area contributed by atoms with Crippen LogP contribution in [0, 0.1) is 0 Å². The molecule has 2 aromatic carbocycles. The van der Waals surface area contributed by atoms with E-state index in [2.05, 4.69) is 0 Å². The van der Waals surface area contributed by atoms with E-state index in [4.69, 9.17) is 16.3 Å². The number of halogens is 1. The Bertz CT molecular complexity index is 735. The predicted molar refractivity (Wildman–Crippen MR) is 82.7 cm³/mol. The van der Waals surface area contributed by atoms with Gasteiger partial charge < -0.3 is 4.74 Å². The van der Waals surface area contributed by atoms with Gasteiger partial charge in [-0.15, -0.1) is 0 Å². The minimum atomic E-state index is -0.290. The van der Waals surface area contributed by atoms with E-state index in [-0.39, 0.29) is 18.4 Å². The average molecular weight is 314 g/mol. The van der Waals surface area contributed by atoms with Crippen molar-refractivity contribution in [2.45, 2.75) is 6.54 Å². The molecule has 110 valence electrons. The van der Waals surface area contributed by atoms with Gasteiger partial charge in [0, 0.05) is 12.2 Å². The average Bonchev–Trinajstić information content (AvgIpc) is 2.83. The molecule has 0 bridgehead atoms. The van der Waals surface area contributed by atoms with Gasteiger partial charge in [-0.3, -0.25) is 14.5 Å². The third-order valence-corrected chi connectivity index (χ3v) is 3.54. The number of para-hydroxylation sites is 1. The Labute approximate surface area is 132 Å². The standard InChI is InChI=1S/C17H12ClNO3/c18-14-3-1-2-4-15(14)22-13-7-5-12(6-8-13)11-19-16(20)9-10-17(19)21/h1-10H,11H2. The molecule has 2 aromatic rings. The van der Waals surface area contributed by atoms with Crippen molar-refractivity contribution in [1.82, 2.24) is 4.90 Å². The lowest BCUT2D eigenvalue weighted by atomic mass is 10.2. The minimum Gasteiger partial charge on any atom is -0.456 e. The maximum atomic E-state index is 11.5. The number of hydrogen-bond acceptors (Lipinski definition) is 3. The van der Waals surface area contributed by atoms with Crippen LogP contribution >= 0.6 is 11.6 Å². The van der Waals surface area contributed by atoms with Crippen LogP contribution in [0.2, 0.25) is 5.02 Å². The molecule has 0 spiro atoms. The molecule has 1 aliphatic heterocycles. The molecule has 5 heteroatoms. The third kappa shape index (κ3) is 3.02. The largest absolute Gasteiger partial charge is 0.456 e. The van der Waals surface area contributed by atoms with Gasteiger partial charge in [-0.2, -0.15) is 0 Å². The van der Waals surface area contributed by atoms with Crippen molar-refractivity contribution in [1.29, 1.82) is 0 Å². The van der Waals surface area contributed by atoms with Gasteiger partial charge in [0.1, 0.15) is 11.5 Å². The van der Waals surface area contributed by atoms with Crippen molar-refractivity contribution < 1.29 is 14.3 Å². The second-order valence-corrected chi connectivity index (χ2v) is 5.18. The van der Waals surface area contributed by atoms with E-state index in [0.717, 1.165) is 5.56 Å². The molecule has 4 nitrogen and oxygen atoms in total. The monoisotopic (exact) mass is 313 g/mol. The number of carbonyl (C=O) groups excluding carboxylic acids is 2. The number of benzene rings is 2. The van der Waals surface area contributed by atoms with E-state index in [1.165, 1.54) is 17.1 Å². The quantitative estimate of drug-likeness (QED) is 0.811. The Balaban J connectivity index is 1.69. The SMILES string of the molecule is O=C1C=CC(=O)N1Cc1ccc(Oc2ccccc2Cl)cc1. The van der Waals surface area contributed by atoms with Gasteiger partial charge in [0.25, 0.3) is 11.8 Å². The van der Waals surface area contributed by atoms with Crippen LogP contribution in [0.3, 0.4) is 0 Å². The minimum absolute atomic E-state index is 0.247. The Hall–Kier alpha value is -2.59. The highest BCUT2D eigenvalue weighted by Crippen LogP contribution is 2.29. The summed E-state index contributed by atoms with van der Waals surface area (Å²) in [6.07, 6.45) is 2.55. The predicted octanol–water partition coefficient (Wildman–Crippen LogP) is 3.56. The van der Waals surface area contributed by atoms with Crippen molar-refractivity contribution in [3.63, 3.8) is 0 Å². The zero-order valence-electron chi connectivity index (χ0n) is 11.5. The second-order valence-electron chi connectivity index (χ2n) is 4.77. The number of imide groups is 1. The number of nitrogens with zero attached hydrogens (tertiary/aromatic N) is 1. The molecule has 1 heterocycles. The summed E-state index contributed by atoms with van der Waals surface area (Å²) in [6, 6.07) is 14.4. The molecule has 0 N–H and O–H groups in total. The molecule has 0 aromatic heterocycles. The third-order valence-electron chi connectivity index (χ3n) is 3.23. The molecule has 0 aliphatic carbocycles. The van der Waals surface area contributed by atoms with E-state index in [1.54, 1.807) is 24.3 Å². The summed E-state index contributed by atoms with van der Waals surface area (Å²) in [7, 11) is 0. The van der Waals surface area contributed by atoms with Crippen LogP contribution in [-0.4, -0.2) is 16.7 Å². The normalized spacial score (nSPS) is 13.8. The molecule has 0 radical (unpaired) electrons. The number of ether oxygens (including phenoxy) is 1. The molecule has 0 saturated carbocycles. The highest BCUT2D eigenvalue weighted by Gasteiger charge is 2.23. The van der Waals surface area contributed by atoms with Crippen molar-refractivity contribution in [3.05, 3.63) is 71.3 Å². The summed E-state index contributed by atoms with van der Waals surface area (Å²) in [6.45, 7) is 0.247. The first-order valence-electron chi connectivity index (χ1n) is 6.68. The zero-order valence-corrected chi connectivity index (χ0v) is 12.3. The fourth-order valence-corrected chi connectivity index (χ4v) is 2.26. The second kappa shape index (κ2) is 6.03. The summed E-state index contributed by atoms with van der Waals surface area (Å²) in [4.78, 5) is 24.2. The molecule has 1 aliphatic rings. The van der Waals surface area contributed by atoms with Crippen molar-refractivity contribution in [2.24, 2.45) is 0 Å². The molecule has 2 amide bonds. The summed E-state index contributed by atoms with van der Waals surface area (Å²) < 4.78 is 5.68. The fraction of sp³-hybridized carbons (Fsp3) is 0.0588. The van der Waals surface area contributed by atoms with Crippen LogP contribution in [-0.2, 0) is 16.1 Å². The Morgan fingerprint density at radius 1 is 0.909 bits per heavy atom. The van der Waals surface area contributed by atoms with Crippen LogP contribution < -0.4 is 4.74 Å². The van der Waals surface area contributed by atoms with Crippen molar-refractivity contribution >= 4 is 23.4 Å². The topological polar surface area (TPSA) is 46.6 Å². The van der Waals surface area contributed by atoms with Crippen LogP contribution in [0.15, 0.2) is 60.7 Å². The molecule has 0 saturated heterocycles. The molecule has 0 atom stereocenters. The van der Waals surface area contributed by atoms with Gasteiger partial charge in [-0.25, -0.2) is 0 Å². The van der Waals surface area contributed by atoms with Crippen LogP contribution in [0.1, 0.15) is 5.56 Å². The van der Waals surface area contributed by atoms with Crippen LogP contribution in [0.5, 0.6) is 11.5 Å². The summed E-state index contributed by atoms with van der Waals surface area (Å²) in [5.74, 6) is 0.628. The highest BCUT2D eigenvalue weighted by atomic mass is 35.5. The number of hydrogen-bond donors (Lipinski definition) is 0. The van der Waals surface area contributed by atoms with E-state index in [9.17, 15) is 9.59 Å². The number of amides is 2. The maximum absolute atomic E-state index is 11.5. The summed E-state index contributed by atoms with van der Waals surface area (Å²) in [5, 5.41) is 0.533. The summed E-state index contributed by atoms with van der Waals surface area (Å²) in [5.41, 5.74) is 0.844. The Morgan fingerprint density at radius 3 is 2.18 bits per heavy atom. The first kappa shape index (κ1) is 14.4. The highest BCUT2D eigenvalue weighted by molar-refractivity contribution is 6.32. The molecular weight excluding hydrogens is 302 g/mol. The molecule has 0 fully saturated rings. The van der Waals surface area contributed by atoms with Gasteiger partial charge in [0.2, 0.25) is 0 Å². The lowest BCUT2D eigenvalue weighted by Crippen LogP contribution is -2.29. The number of carbonyl (C=O) groups is 2. The lowest BCUT2D eigenvalue weighted by molar-refractivity contribution is -0.137. The molecule has 3 rings (SSSR count). The Morgan fingerprint density at radius 2 is 1.55 bits per heavy atom. The van der Waals surface area contributed by atoms with Crippen LogP contribution in [0.4, 0.5) is 0 Å². The van der Waals surface area contributed by atoms with Crippen molar-refractivity contribution in [3.8, 4) is 11.5 Å². The van der Waals surface area contributed by atoms with Crippen LogP contribution in [0.25, 0.3) is 0 Å². The molecule has 22 heavy (non-hydrogen) atoms. The van der Waals surface area contributed by atoms with Gasteiger partial charge in [-0.05, 0) is 29.8 Å². The first-order chi connectivity index (χ1) is 10.6. The molecule has 0 unspecified atom stereocenters. The fourth-order valence-electron chi connectivity index (χ4n) is 2.09. The van der Waals surface area contributed by atoms with E-state index in [1.807, 2.05) is 24.3 Å². The maximum Gasteiger partial charge on any atom is 0.253 e.